The molecule has 110 valence electrons. The van der Waals surface area contributed by atoms with E-state index in [0.717, 1.165) is 22.3 Å². The van der Waals surface area contributed by atoms with Gasteiger partial charge in [0.1, 0.15) is 5.75 Å². The Balaban J connectivity index is 1.66. The van der Waals surface area contributed by atoms with Crippen LogP contribution in [0.3, 0.4) is 0 Å². The average Bonchev–Trinajstić information content (AvgIpc) is 2.49. The summed E-state index contributed by atoms with van der Waals surface area (Å²) in [5.74, 6) is 2.54. The van der Waals surface area contributed by atoms with Gasteiger partial charge in [0.2, 0.25) is 0 Å². The molecule has 3 nitrogen and oxygen atoms in total. The van der Waals surface area contributed by atoms with E-state index < -0.39 is 7.12 Å². The van der Waals surface area contributed by atoms with Gasteiger partial charge in [-0.2, -0.15) is 11.8 Å². The molecule has 0 spiro atoms. The molecule has 0 aliphatic rings. The zero-order valence-electron chi connectivity index (χ0n) is 11.4. The molecular weight excluding hydrogens is 306 g/mol. The highest BCUT2D eigenvalue weighted by Crippen LogP contribution is 2.16. The fraction of sp³-hybridized carbons (Fsp3) is 0.200. The van der Waals surface area contributed by atoms with Crippen molar-refractivity contribution < 1.29 is 14.8 Å². The van der Waals surface area contributed by atoms with Crippen LogP contribution in [0.4, 0.5) is 0 Å². The van der Waals surface area contributed by atoms with Gasteiger partial charge in [0.15, 0.2) is 0 Å². The Morgan fingerprint density at radius 1 is 1.00 bits per heavy atom. The maximum atomic E-state index is 8.99. The van der Waals surface area contributed by atoms with Crippen LogP contribution < -0.4 is 10.2 Å². The second-order valence-electron chi connectivity index (χ2n) is 4.47. The predicted molar refractivity (Wildman–Crippen MR) is 89.4 cm³/mol. The van der Waals surface area contributed by atoms with E-state index in [0.29, 0.717) is 12.1 Å². The fourth-order valence-electron chi connectivity index (χ4n) is 1.73. The molecule has 21 heavy (non-hydrogen) atoms. The zero-order chi connectivity index (χ0) is 15.1. The van der Waals surface area contributed by atoms with Crippen LogP contribution in [-0.2, 0) is 5.75 Å². The number of halogens is 1. The summed E-state index contributed by atoms with van der Waals surface area (Å²) in [5, 5.41) is 18.7. The molecule has 0 saturated carbocycles. The molecule has 0 amide bonds. The van der Waals surface area contributed by atoms with Gasteiger partial charge in [-0.3, -0.25) is 0 Å². The van der Waals surface area contributed by atoms with Crippen molar-refractivity contribution in [1.82, 2.24) is 0 Å². The molecule has 2 rings (SSSR count). The minimum atomic E-state index is -1.44. The van der Waals surface area contributed by atoms with Gasteiger partial charge in [-0.25, -0.2) is 0 Å². The third-order valence-corrected chi connectivity index (χ3v) is 4.10. The lowest BCUT2D eigenvalue weighted by molar-refractivity contribution is 0.344. The highest BCUT2D eigenvalue weighted by molar-refractivity contribution is 7.98. The molecule has 0 bridgehead atoms. The summed E-state index contributed by atoms with van der Waals surface area (Å²) in [6, 6.07) is 14.6. The Kier molecular flexibility index (Phi) is 6.45. The Morgan fingerprint density at radius 3 is 2.29 bits per heavy atom. The van der Waals surface area contributed by atoms with Crippen molar-refractivity contribution >= 4 is 35.9 Å². The van der Waals surface area contributed by atoms with E-state index in [1.54, 1.807) is 36.0 Å². The average molecular weight is 323 g/mol. The summed E-state index contributed by atoms with van der Waals surface area (Å²) in [6.07, 6.45) is 0. The van der Waals surface area contributed by atoms with Gasteiger partial charge in [0.25, 0.3) is 0 Å². The Bertz CT molecular complexity index is 546. The number of thioether (sulfide) groups is 1. The first kappa shape index (κ1) is 16.2. The molecule has 0 atom stereocenters. The standard InChI is InChI=1S/C15H16BClO3S/c17-14-5-1-12(2-6-14)11-21-10-9-20-15-7-3-13(4-8-15)16(18)19/h1-8,18-19H,9-11H2. The van der Waals surface area contributed by atoms with Crippen LogP contribution >= 0.6 is 23.4 Å². The van der Waals surface area contributed by atoms with E-state index >= 15 is 0 Å². The normalized spacial score (nSPS) is 10.4. The molecule has 0 radical (unpaired) electrons. The Hall–Kier alpha value is -1.14. The van der Waals surface area contributed by atoms with Gasteiger partial charge in [0.05, 0.1) is 6.61 Å². The molecule has 0 fully saturated rings. The van der Waals surface area contributed by atoms with Crippen LogP contribution in [0.15, 0.2) is 48.5 Å². The number of rotatable bonds is 7. The minimum Gasteiger partial charge on any atom is -0.493 e. The SMILES string of the molecule is OB(O)c1ccc(OCCSCc2ccc(Cl)cc2)cc1. The van der Waals surface area contributed by atoms with E-state index in [1.807, 2.05) is 24.3 Å². The van der Waals surface area contributed by atoms with Crippen molar-refractivity contribution in [1.29, 1.82) is 0 Å². The third kappa shape index (κ3) is 5.63. The highest BCUT2D eigenvalue weighted by Gasteiger charge is 2.09. The van der Waals surface area contributed by atoms with Gasteiger partial charge in [-0.15, -0.1) is 0 Å². The Labute approximate surface area is 134 Å². The first-order valence-electron chi connectivity index (χ1n) is 6.56. The van der Waals surface area contributed by atoms with Gasteiger partial charge in [-0.1, -0.05) is 35.9 Å². The monoisotopic (exact) mass is 322 g/mol. The van der Waals surface area contributed by atoms with Gasteiger partial charge in [-0.05, 0) is 35.3 Å². The van der Waals surface area contributed by atoms with Gasteiger partial charge >= 0.3 is 7.12 Å². The van der Waals surface area contributed by atoms with E-state index in [9.17, 15) is 0 Å². The third-order valence-electron chi connectivity index (χ3n) is 2.86. The second-order valence-corrected chi connectivity index (χ2v) is 6.01. The zero-order valence-corrected chi connectivity index (χ0v) is 13.0. The summed E-state index contributed by atoms with van der Waals surface area (Å²) >= 11 is 7.63. The molecule has 0 aliphatic heterocycles. The summed E-state index contributed by atoms with van der Waals surface area (Å²) in [5.41, 5.74) is 1.70. The molecule has 0 heterocycles. The van der Waals surface area contributed by atoms with Crippen molar-refractivity contribution in [3.8, 4) is 5.75 Å². The molecule has 0 aromatic heterocycles. The van der Waals surface area contributed by atoms with Crippen molar-refractivity contribution in [2.24, 2.45) is 0 Å². The van der Waals surface area contributed by atoms with E-state index in [-0.39, 0.29) is 0 Å². The Morgan fingerprint density at radius 2 is 1.67 bits per heavy atom. The second kappa shape index (κ2) is 8.34. The fourth-order valence-corrected chi connectivity index (χ4v) is 2.62. The molecule has 2 aromatic carbocycles. The number of benzene rings is 2. The summed E-state index contributed by atoms with van der Waals surface area (Å²) in [4.78, 5) is 0. The van der Waals surface area contributed by atoms with Gasteiger partial charge < -0.3 is 14.8 Å². The van der Waals surface area contributed by atoms with Crippen LogP contribution in [0.5, 0.6) is 5.75 Å². The quantitative estimate of drug-likeness (QED) is 0.607. The topological polar surface area (TPSA) is 49.7 Å². The van der Waals surface area contributed by atoms with E-state index in [4.69, 9.17) is 26.4 Å². The molecular formula is C15H16BClO3S. The maximum absolute atomic E-state index is 8.99. The van der Waals surface area contributed by atoms with Gasteiger partial charge in [0, 0.05) is 16.5 Å². The molecule has 2 N–H and O–H groups in total. The first-order chi connectivity index (χ1) is 10.1. The van der Waals surface area contributed by atoms with Crippen LogP contribution in [0.1, 0.15) is 5.56 Å². The van der Waals surface area contributed by atoms with Crippen LogP contribution in [0.2, 0.25) is 5.02 Å². The summed E-state index contributed by atoms with van der Waals surface area (Å²) in [6.45, 7) is 0.610. The molecule has 0 unspecified atom stereocenters. The number of hydrogen-bond donors (Lipinski definition) is 2. The van der Waals surface area contributed by atoms with E-state index in [2.05, 4.69) is 0 Å². The van der Waals surface area contributed by atoms with Crippen LogP contribution in [-0.4, -0.2) is 29.5 Å². The lowest BCUT2D eigenvalue weighted by atomic mass is 9.80. The van der Waals surface area contributed by atoms with Crippen molar-refractivity contribution in [2.75, 3.05) is 12.4 Å². The minimum absolute atomic E-state index is 0.458. The molecule has 2 aromatic rings. The summed E-state index contributed by atoms with van der Waals surface area (Å²) in [7, 11) is -1.44. The molecule has 0 aliphatic carbocycles. The van der Waals surface area contributed by atoms with Crippen LogP contribution in [0, 0.1) is 0 Å². The summed E-state index contributed by atoms with van der Waals surface area (Å²) < 4.78 is 5.59. The molecule has 6 heteroatoms. The number of hydrogen-bond acceptors (Lipinski definition) is 4. The van der Waals surface area contributed by atoms with Crippen LogP contribution in [0.25, 0.3) is 0 Å². The molecule has 0 saturated heterocycles. The lowest BCUT2D eigenvalue weighted by Crippen LogP contribution is -2.29. The van der Waals surface area contributed by atoms with Crippen molar-refractivity contribution in [2.45, 2.75) is 5.75 Å². The predicted octanol–water partition coefficient (Wildman–Crippen LogP) is 2.33. The number of ether oxygens (including phenoxy) is 1. The van der Waals surface area contributed by atoms with Crippen molar-refractivity contribution in [3.05, 3.63) is 59.1 Å². The first-order valence-corrected chi connectivity index (χ1v) is 8.09. The maximum Gasteiger partial charge on any atom is 0.488 e. The highest BCUT2D eigenvalue weighted by atomic mass is 35.5. The van der Waals surface area contributed by atoms with E-state index in [1.165, 1.54) is 5.56 Å². The largest absolute Gasteiger partial charge is 0.493 e. The lowest BCUT2D eigenvalue weighted by Gasteiger charge is -2.07. The smallest absolute Gasteiger partial charge is 0.488 e. The van der Waals surface area contributed by atoms with Crippen molar-refractivity contribution in [3.63, 3.8) is 0 Å².